The van der Waals surface area contributed by atoms with Crippen molar-refractivity contribution in [2.45, 2.75) is 20.8 Å². The van der Waals surface area contributed by atoms with Crippen molar-refractivity contribution < 1.29 is 14.6 Å². The molecule has 0 aliphatic heterocycles. The molecule has 0 spiro atoms. The van der Waals surface area contributed by atoms with E-state index in [0.717, 1.165) is 28.2 Å². The second kappa shape index (κ2) is 6.33. The average Bonchev–Trinajstić information content (AvgIpc) is 2.44. The highest BCUT2D eigenvalue weighted by Crippen LogP contribution is 2.34. The Morgan fingerprint density at radius 3 is 2.10 bits per heavy atom. The summed E-state index contributed by atoms with van der Waals surface area (Å²) >= 11 is 0. The van der Waals surface area contributed by atoms with Gasteiger partial charge in [-0.1, -0.05) is 12.1 Å². The van der Waals surface area contributed by atoms with Crippen LogP contribution in [0.25, 0.3) is 11.1 Å². The number of hydrogen-bond acceptors (Lipinski definition) is 3. The summed E-state index contributed by atoms with van der Waals surface area (Å²) in [6.07, 6.45) is 0. The number of aryl methyl sites for hydroxylation is 1. The zero-order valence-corrected chi connectivity index (χ0v) is 12.1. The zero-order chi connectivity index (χ0) is 14.5. The van der Waals surface area contributed by atoms with Gasteiger partial charge in [0.05, 0.1) is 13.2 Å². The van der Waals surface area contributed by atoms with E-state index in [9.17, 15) is 5.11 Å². The Bertz CT molecular complexity index is 591. The molecule has 0 radical (unpaired) electrons. The molecule has 0 aromatic heterocycles. The monoisotopic (exact) mass is 272 g/mol. The molecule has 0 bridgehead atoms. The molecule has 0 heterocycles. The maximum Gasteiger partial charge on any atom is 0.161 e. The first-order chi connectivity index (χ1) is 9.65. The first kappa shape index (κ1) is 14.3. The SMILES string of the molecule is CCOc1ccc(-c2ccc(O)c(C)c2)cc1OCC. The number of aromatic hydroxyl groups is 1. The summed E-state index contributed by atoms with van der Waals surface area (Å²) in [7, 11) is 0. The predicted molar refractivity (Wildman–Crippen MR) is 80.6 cm³/mol. The molecule has 3 heteroatoms. The molecule has 0 unspecified atom stereocenters. The summed E-state index contributed by atoms with van der Waals surface area (Å²) in [5.74, 6) is 1.82. The van der Waals surface area contributed by atoms with Crippen molar-refractivity contribution in [2.75, 3.05) is 13.2 Å². The second-order valence-corrected chi connectivity index (χ2v) is 4.53. The van der Waals surface area contributed by atoms with Gasteiger partial charge in [0.1, 0.15) is 5.75 Å². The van der Waals surface area contributed by atoms with Crippen molar-refractivity contribution in [1.29, 1.82) is 0 Å². The Kier molecular flexibility index (Phi) is 4.51. The fraction of sp³-hybridized carbons (Fsp3) is 0.294. The minimum Gasteiger partial charge on any atom is -0.508 e. The molecule has 0 aliphatic rings. The highest BCUT2D eigenvalue weighted by Gasteiger charge is 2.08. The minimum atomic E-state index is 0.310. The maximum absolute atomic E-state index is 9.60. The molecular formula is C17H20O3. The van der Waals surface area contributed by atoms with Crippen LogP contribution in [0, 0.1) is 6.92 Å². The van der Waals surface area contributed by atoms with E-state index in [4.69, 9.17) is 9.47 Å². The van der Waals surface area contributed by atoms with Crippen LogP contribution in [-0.4, -0.2) is 18.3 Å². The molecular weight excluding hydrogens is 252 g/mol. The highest BCUT2D eigenvalue weighted by molar-refractivity contribution is 5.68. The summed E-state index contributed by atoms with van der Waals surface area (Å²) in [5, 5.41) is 9.60. The van der Waals surface area contributed by atoms with E-state index < -0.39 is 0 Å². The number of phenols is 1. The van der Waals surface area contributed by atoms with Crippen LogP contribution in [0.3, 0.4) is 0 Å². The third-order valence-corrected chi connectivity index (χ3v) is 3.07. The van der Waals surface area contributed by atoms with Crippen LogP contribution >= 0.6 is 0 Å². The average molecular weight is 272 g/mol. The minimum absolute atomic E-state index is 0.310. The summed E-state index contributed by atoms with van der Waals surface area (Å²) in [6, 6.07) is 11.5. The van der Waals surface area contributed by atoms with Gasteiger partial charge in [0.25, 0.3) is 0 Å². The highest BCUT2D eigenvalue weighted by atomic mass is 16.5. The van der Waals surface area contributed by atoms with Gasteiger partial charge < -0.3 is 14.6 Å². The van der Waals surface area contributed by atoms with Gasteiger partial charge in [0.2, 0.25) is 0 Å². The standard InChI is InChI=1S/C17H20O3/c1-4-19-16-9-7-14(11-17(16)20-5-2)13-6-8-15(18)12(3)10-13/h6-11,18H,4-5H2,1-3H3. The molecule has 3 nitrogen and oxygen atoms in total. The number of ether oxygens (including phenoxy) is 2. The summed E-state index contributed by atoms with van der Waals surface area (Å²) < 4.78 is 11.2. The van der Waals surface area contributed by atoms with E-state index in [0.29, 0.717) is 19.0 Å². The Hall–Kier alpha value is -2.16. The first-order valence-electron chi connectivity index (χ1n) is 6.85. The van der Waals surface area contributed by atoms with Gasteiger partial charge in [-0.05, 0) is 61.7 Å². The third-order valence-electron chi connectivity index (χ3n) is 3.07. The first-order valence-corrected chi connectivity index (χ1v) is 6.85. The smallest absolute Gasteiger partial charge is 0.161 e. The van der Waals surface area contributed by atoms with Crippen LogP contribution in [-0.2, 0) is 0 Å². The molecule has 0 amide bonds. The molecule has 2 rings (SSSR count). The van der Waals surface area contributed by atoms with Crippen LogP contribution in [0.4, 0.5) is 0 Å². The van der Waals surface area contributed by atoms with E-state index >= 15 is 0 Å². The fourth-order valence-corrected chi connectivity index (χ4v) is 2.07. The van der Waals surface area contributed by atoms with E-state index in [1.54, 1.807) is 6.07 Å². The lowest BCUT2D eigenvalue weighted by molar-refractivity contribution is 0.288. The number of rotatable bonds is 5. The van der Waals surface area contributed by atoms with Crippen molar-refractivity contribution in [3.05, 3.63) is 42.0 Å². The van der Waals surface area contributed by atoms with Crippen molar-refractivity contribution in [1.82, 2.24) is 0 Å². The van der Waals surface area contributed by atoms with E-state index in [-0.39, 0.29) is 0 Å². The van der Waals surface area contributed by atoms with Crippen molar-refractivity contribution in [3.63, 3.8) is 0 Å². The van der Waals surface area contributed by atoms with Crippen LogP contribution in [0.2, 0.25) is 0 Å². The van der Waals surface area contributed by atoms with Crippen molar-refractivity contribution >= 4 is 0 Å². The van der Waals surface area contributed by atoms with Crippen LogP contribution in [0.1, 0.15) is 19.4 Å². The normalized spacial score (nSPS) is 10.3. The Morgan fingerprint density at radius 1 is 0.850 bits per heavy atom. The van der Waals surface area contributed by atoms with Gasteiger partial charge in [-0.3, -0.25) is 0 Å². The molecule has 106 valence electrons. The Morgan fingerprint density at radius 2 is 1.45 bits per heavy atom. The molecule has 0 atom stereocenters. The van der Waals surface area contributed by atoms with Gasteiger partial charge in [0.15, 0.2) is 11.5 Å². The number of phenolic OH excluding ortho intramolecular Hbond substituents is 1. The Labute approximate surface area is 119 Å². The van der Waals surface area contributed by atoms with Gasteiger partial charge >= 0.3 is 0 Å². The Balaban J connectivity index is 2.41. The summed E-state index contributed by atoms with van der Waals surface area (Å²) in [6.45, 7) is 6.99. The fourth-order valence-electron chi connectivity index (χ4n) is 2.07. The molecule has 0 aliphatic carbocycles. The van der Waals surface area contributed by atoms with E-state index in [1.807, 2.05) is 51.1 Å². The van der Waals surface area contributed by atoms with Crippen LogP contribution in [0.15, 0.2) is 36.4 Å². The lowest BCUT2D eigenvalue weighted by atomic mass is 10.0. The molecule has 0 fully saturated rings. The molecule has 20 heavy (non-hydrogen) atoms. The van der Waals surface area contributed by atoms with Gasteiger partial charge in [-0.25, -0.2) is 0 Å². The van der Waals surface area contributed by atoms with Crippen molar-refractivity contribution in [2.24, 2.45) is 0 Å². The van der Waals surface area contributed by atoms with Gasteiger partial charge in [-0.15, -0.1) is 0 Å². The van der Waals surface area contributed by atoms with E-state index in [2.05, 4.69) is 0 Å². The maximum atomic E-state index is 9.60. The van der Waals surface area contributed by atoms with Gasteiger partial charge in [-0.2, -0.15) is 0 Å². The molecule has 0 saturated heterocycles. The zero-order valence-electron chi connectivity index (χ0n) is 12.1. The summed E-state index contributed by atoms with van der Waals surface area (Å²) in [5.41, 5.74) is 2.94. The second-order valence-electron chi connectivity index (χ2n) is 4.53. The quantitative estimate of drug-likeness (QED) is 0.888. The third kappa shape index (κ3) is 3.05. The molecule has 0 saturated carbocycles. The number of benzene rings is 2. The van der Waals surface area contributed by atoms with Gasteiger partial charge in [0, 0.05) is 0 Å². The molecule has 2 aromatic rings. The number of hydrogen-bond donors (Lipinski definition) is 1. The predicted octanol–water partition coefficient (Wildman–Crippen LogP) is 4.17. The largest absolute Gasteiger partial charge is 0.508 e. The molecule has 2 aromatic carbocycles. The topological polar surface area (TPSA) is 38.7 Å². The lowest BCUT2D eigenvalue weighted by Gasteiger charge is -2.13. The van der Waals surface area contributed by atoms with E-state index in [1.165, 1.54) is 0 Å². The van der Waals surface area contributed by atoms with Crippen molar-refractivity contribution in [3.8, 4) is 28.4 Å². The van der Waals surface area contributed by atoms with Crippen LogP contribution < -0.4 is 9.47 Å². The lowest BCUT2D eigenvalue weighted by Crippen LogP contribution is -1.98. The summed E-state index contributed by atoms with van der Waals surface area (Å²) in [4.78, 5) is 0. The molecule has 1 N–H and O–H groups in total. The van der Waals surface area contributed by atoms with Crippen LogP contribution in [0.5, 0.6) is 17.2 Å².